The van der Waals surface area contributed by atoms with Crippen molar-refractivity contribution in [2.45, 2.75) is 38.3 Å². The lowest BCUT2D eigenvalue weighted by Gasteiger charge is -2.26. The van der Waals surface area contributed by atoms with Gasteiger partial charge in [0.05, 0.1) is 11.0 Å². The molecule has 3 aromatic carbocycles. The summed E-state index contributed by atoms with van der Waals surface area (Å²) in [4.78, 5) is 18.6. The lowest BCUT2D eigenvalue weighted by Crippen LogP contribution is -2.36. The Bertz CT molecular complexity index is 1210. The lowest BCUT2D eigenvalue weighted by molar-refractivity contribution is -0.125. The van der Waals surface area contributed by atoms with Crippen LogP contribution in [-0.4, -0.2) is 15.5 Å². The van der Waals surface area contributed by atoms with Crippen LogP contribution < -0.4 is 5.32 Å². The molecule has 1 aliphatic rings. The first kappa shape index (κ1) is 20.8. The van der Waals surface area contributed by atoms with E-state index in [1.54, 1.807) is 0 Å². The fourth-order valence-corrected chi connectivity index (χ4v) is 4.96. The van der Waals surface area contributed by atoms with Crippen molar-refractivity contribution in [3.05, 3.63) is 89.4 Å². The minimum atomic E-state index is -0.306. The third-order valence-corrected chi connectivity index (χ3v) is 6.65. The molecular weight excluding hydrogens is 418 g/mol. The standard InChI is InChI=1S/C27H26ClN3O/c28-22-16-14-21(15-17-22)26-30-23-12-6-7-13-24(23)31(26)25(20-10-4-5-11-20)27(32)29-18-19-8-2-1-3-9-19/h1-3,6-9,12-17,20,25H,4-5,10-11,18H2,(H,29,32). The van der Waals surface area contributed by atoms with Crippen LogP contribution in [-0.2, 0) is 11.3 Å². The summed E-state index contributed by atoms with van der Waals surface area (Å²) >= 11 is 6.14. The van der Waals surface area contributed by atoms with Crippen LogP contribution in [0, 0.1) is 5.92 Å². The molecule has 5 rings (SSSR count). The molecule has 5 heteroatoms. The van der Waals surface area contributed by atoms with Crippen molar-refractivity contribution in [1.29, 1.82) is 0 Å². The van der Waals surface area contributed by atoms with Gasteiger partial charge in [0.1, 0.15) is 11.9 Å². The zero-order chi connectivity index (χ0) is 21.9. The molecule has 4 aromatic rings. The maximum atomic E-state index is 13.7. The van der Waals surface area contributed by atoms with Gasteiger partial charge in [0.25, 0.3) is 0 Å². The Morgan fingerprint density at radius 1 is 0.969 bits per heavy atom. The van der Waals surface area contributed by atoms with Crippen LogP contribution in [0.5, 0.6) is 0 Å². The van der Waals surface area contributed by atoms with Crippen molar-refractivity contribution in [2.24, 2.45) is 5.92 Å². The average Bonchev–Trinajstić information content (AvgIpc) is 3.48. The molecule has 0 saturated heterocycles. The Kier molecular flexibility index (Phi) is 5.95. The third kappa shape index (κ3) is 4.15. The molecular formula is C27H26ClN3O. The van der Waals surface area contributed by atoms with E-state index < -0.39 is 0 Å². The second-order valence-corrected chi connectivity index (χ2v) is 8.93. The number of para-hydroxylation sites is 2. The Balaban J connectivity index is 1.59. The minimum Gasteiger partial charge on any atom is -0.350 e. The second-order valence-electron chi connectivity index (χ2n) is 8.49. The van der Waals surface area contributed by atoms with Crippen molar-refractivity contribution in [1.82, 2.24) is 14.9 Å². The van der Waals surface area contributed by atoms with Crippen molar-refractivity contribution in [3.63, 3.8) is 0 Å². The first-order valence-electron chi connectivity index (χ1n) is 11.3. The smallest absolute Gasteiger partial charge is 0.243 e. The zero-order valence-electron chi connectivity index (χ0n) is 17.9. The van der Waals surface area contributed by atoms with Gasteiger partial charge in [-0.1, -0.05) is 66.9 Å². The van der Waals surface area contributed by atoms with Crippen molar-refractivity contribution >= 4 is 28.5 Å². The SMILES string of the molecule is O=C(NCc1ccccc1)C(C1CCCC1)n1c(-c2ccc(Cl)cc2)nc2ccccc21. The van der Waals surface area contributed by atoms with E-state index >= 15 is 0 Å². The predicted octanol–water partition coefficient (Wildman–Crippen LogP) is 6.40. The molecule has 1 unspecified atom stereocenters. The van der Waals surface area contributed by atoms with Gasteiger partial charge >= 0.3 is 0 Å². The number of rotatable bonds is 6. The Labute approximate surface area is 193 Å². The van der Waals surface area contributed by atoms with Gasteiger partial charge in [-0.25, -0.2) is 4.98 Å². The number of nitrogens with one attached hydrogen (secondary N) is 1. The highest BCUT2D eigenvalue weighted by Crippen LogP contribution is 2.39. The van der Waals surface area contributed by atoms with Gasteiger partial charge in [-0.3, -0.25) is 4.79 Å². The summed E-state index contributed by atoms with van der Waals surface area (Å²) in [6.45, 7) is 0.520. The quantitative estimate of drug-likeness (QED) is 0.374. The van der Waals surface area contributed by atoms with Gasteiger partial charge in [0.15, 0.2) is 0 Å². The number of hydrogen-bond donors (Lipinski definition) is 1. The van der Waals surface area contributed by atoms with E-state index in [0.717, 1.165) is 53.7 Å². The van der Waals surface area contributed by atoms with Crippen LogP contribution in [0.2, 0.25) is 5.02 Å². The highest BCUT2D eigenvalue weighted by Gasteiger charge is 2.35. The van der Waals surface area contributed by atoms with E-state index in [1.807, 2.05) is 72.8 Å². The molecule has 1 aromatic heterocycles. The van der Waals surface area contributed by atoms with Crippen LogP contribution in [0.25, 0.3) is 22.4 Å². The number of imidazole rings is 1. The van der Waals surface area contributed by atoms with E-state index in [9.17, 15) is 4.79 Å². The summed E-state index contributed by atoms with van der Waals surface area (Å²) < 4.78 is 2.16. The van der Waals surface area contributed by atoms with Gasteiger partial charge in [0.2, 0.25) is 5.91 Å². The molecule has 0 aliphatic heterocycles. The molecule has 0 radical (unpaired) electrons. The Hall–Kier alpha value is -3.11. The summed E-state index contributed by atoms with van der Waals surface area (Å²) in [5, 5.41) is 3.89. The van der Waals surface area contributed by atoms with Gasteiger partial charge in [-0.2, -0.15) is 0 Å². The van der Waals surface area contributed by atoms with Gasteiger partial charge in [-0.05, 0) is 60.7 Å². The number of amides is 1. The third-order valence-electron chi connectivity index (χ3n) is 6.40. The summed E-state index contributed by atoms with van der Waals surface area (Å²) in [7, 11) is 0. The molecule has 1 saturated carbocycles. The first-order valence-corrected chi connectivity index (χ1v) is 11.6. The van der Waals surface area contributed by atoms with E-state index in [0.29, 0.717) is 11.6 Å². The molecule has 1 atom stereocenters. The molecule has 1 aliphatic carbocycles. The molecule has 0 spiro atoms. The number of fused-ring (bicyclic) bond motifs is 1. The number of halogens is 1. The normalized spacial score (nSPS) is 15.2. The van der Waals surface area contributed by atoms with E-state index in [-0.39, 0.29) is 17.9 Å². The number of aromatic nitrogens is 2. The number of hydrogen-bond acceptors (Lipinski definition) is 2. The summed E-state index contributed by atoms with van der Waals surface area (Å²) in [6, 6.07) is 25.5. The maximum Gasteiger partial charge on any atom is 0.243 e. The molecule has 1 N–H and O–H groups in total. The summed E-state index contributed by atoms with van der Waals surface area (Å²) in [6.07, 6.45) is 4.43. The van der Waals surface area contributed by atoms with E-state index in [4.69, 9.17) is 16.6 Å². The van der Waals surface area contributed by atoms with Crippen LogP contribution >= 0.6 is 11.6 Å². The van der Waals surface area contributed by atoms with Crippen LogP contribution in [0.4, 0.5) is 0 Å². The van der Waals surface area contributed by atoms with Gasteiger partial charge in [0, 0.05) is 17.1 Å². The van der Waals surface area contributed by atoms with Crippen LogP contribution in [0.3, 0.4) is 0 Å². The Morgan fingerprint density at radius 2 is 1.66 bits per heavy atom. The van der Waals surface area contributed by atoms with Gasteiger partial charge < -0.3 is 9.88 Å². The second kappa shape index (κ2) is 9.17. The van der Waals surface area contributed by atoms with Crippen molar-refractivity contribution in [2.75, 3.05) is 0 Å². The summed E-state index contributed by atoms with van der Waals surface area (Å²) in [5.74, 6) is 1.16. The largest absolute Gasteiger partial charge is 0.350 e. The molecule has 1 heterocycles. The molecule has 0 bridgehead atoms. The molecule has 1 amide bonds. The Morgan fingerprint density at radius 3 is 2.41 bits per heavy atom. The van der Waals surface area contributed by atoms with Crippen LogP contribution in [0.1, 0.15) is 37.3 Å². The molecule has 32 heavy (non-hydrogen) atoms. The van der Waals surface area contributed by atoms with Crippen molar-refractivity contribution < 1.29 is 4.79 Å². The fourth-order valence-electron chi connectivity index (χ4n) is 4.83. The highest BCUT2D eigenvalue weighted by atomic mass is 35.5. The lowest BCUT2D eigenvalue weighted by atomic mass is 9.96. The average molecular weight is 444 g/mol. The summed E-state index contributed by atoms with van der Waals surface area (Å²) in [5.41, 5.74) is 3.95. The zero-order valence-corrected chi connectivity index (χ0v) is 18.6. The topological polar surface area (TPSA) is 46.9 Å². The monoisotopic (exact) mass is 443 g/mol. The number of benzene rings is 3. The fraction of sp³-hybridized carbons (Fsp3) is 0.259. The predicted molar refractivity (Wildman–Crippen MR) is 129 cm³/mol. The van der Waals surface area contributed by atoms with Gasteiger partial charge in [-0.15, -0.1) is 0 Å². The van der Waals surface area contributed by atoms with E-state index in [2.05, 4.69) is 16.0 Å². The van der Waals surface area contributed by atoms with Crippen molar-refractivity contribution in [3.8, 4) is 11.4 Å². The first-order chi connectivity index (χ1) is 15.7. The molecule has 1 fully saturated rings. The number of nitrogens with zero attached hydrogens (tertiary/aromatic N) is 2. The minimum absolute atomic E-state index is 0.0547. The van der Waals surface area contributed by atoms with E-state index in [1.165, 1.54) is 0 Å². The molecule has 162 valence electrons. The van der Waals surface area contributed by atoms with Crippen LogP contribution in [0.15, 0.2) is 78.9 Å². The molecule has 4 nitrogen and oxygen atoms in total. The number of carbonyl (C=O) groups excluding carboxylic acids is 1. The number of carbonyl (C=O) groups is 1. The highest BCUT2D eigenvalue weighted by molar-refractivity contribution is 6.30. The maximum absolute atomic E-state index is 13.7.